The first-order valence-corrected chi connectivity index (χ1v) is 6.48. The Morgan fingerprint density at radius 3 is 2.15 bits per heavy atom. The number of hydrogen-bond donors (Lipinski definition) is 2. The van der Waals surface area contributed by atoms with Crippen LogP contribution < -0.4 is 0 Å². The lowest BCUT2D eigenvalue weighted by molar-refractivity contribution is -0.0328. The number of rotatable bonds is 4. The van der Waals surface area contributed by atoms with E-state index >= 15 is 0 Å². The van der Waals surface area contributed by atoms with E-state index in [-0.39, 0.29) is 18.4 Å². The third-order valence-electron chi connectivity index (χ3n) is 1.65. The molecule has 0 aromatic heterocycles. The van der Waals surface area contributed by atoms with Crippen LogP contribution in [0.1, 0.15) is 20.8 Å². The molecule has 0 aliphatic rings. The van der Waals surface area contributed by atoms with Crippen molar-refractivity contribution >= 4 is 7.37 Å². The van der Waals surface area contributed by atoms with Gasteiger partial charge in [-0.25, -0.2) is 0 Å². The van der Waals surface area contributed by atoms with Gasteiger partial charge in [0.15, 0.2) is 0 Å². The minimum Gasteiger partial charge on any atom is -0.394 e. The van der Waals surface area contributed by atoms with Gasteiger partial charge >= 0.3 is 0 Å². The fourth-order valence-corrected chi connectivity index (χ4v) is 1.26. The summed E-state index contributed by atoms with van der Waals surface area (Å²) in [6.07, 6.45) is -0.594. The van der Waals surface area contributed by atoms with Gasteiger partial charge in [-0.2, -0.15) is 0 Å². The average molecular weight is 210 g/mol. The number of ether oxygens (including phenoxy) is 1. The summed E-state index contributed by atoms with van der Waals surface area (Å²) in [6.45, 7) is 6.83. The van der Waals surface area contributed by atoms with Crippen LogP contribution in [-0.2, 0) is 9.30 Å². The minimum absolute atomic E-state index is 0.135. The molecular formula is C8H19O4P. The van der Waals surface area contributed by atoms with Gasteiger partial charge in [0.05, 0.1) is 12.7 Å². The Bertz CT molecular complexity index is 191. The van der Waals surface area contributed by atoms with E-state index in [0.717, 1.165) is 0 Å². The van der Waals surface area contributed by atoms with Crippen LogP contribution in [0.3, 0.4) is 0 Å². The summed E-state index contributed by atoms with van der Waals surface area (Å²) in [5.74, 6) is 0. The third kappa shape index (κ3) is 6.22. The van der Waals surface area contributed by atoms with Crippen molar-refractivity contribution in [3.05, 3.63) is 0 Å². The van der Waals surface area contributed by atoms with Crippen molar-refractivity contribution in [3.63, 3.8) is 0 Å². The second kappa shape index (κ2) is 4.56. The van der Waals surface area contributed by atoms with Gasteiger partial charge < -0.3 is 14.7 Å². The van der Waals surface area contributed by atoms with E-state index in [9.17, 15) is 4.57 Å². The Morgan fingerprint density at radius 1 is 1.46 bits per heavy atom. The molecule has 0 aromatic rings. The highest BCUT2D eigenvalue weighted by molar-refractivity contribution is 7.56. The highest BCUT2D eigenvalue weighted by Crippen LogP contribution is 2.36. The second-order valence-electron chi connectivity index (χ2n) is 4.38. The zero-order chi connectivity index (χ0) is 10.7. The fraction of sp³-hybridized carbons (Fsp3) is 1.00. The van der Waals surface area contributed by atoms with E-state index in [1.165, 1.54) is 6.66 Å². The normalized spacial score (nSPS) is 19.5. The van der Waals surface area contributed by atoms with Gasteiger partial charge in [-0.1, -0.05) is 20.8 Å². The SMILES string of the molecule is CC(C)(C)C(CO)OCP(C)(=O)O. The summed E-state index contributed by atoms with van der Waals surface area (Å²) in [5, 5.41) is 8.96. The Hall–Kier alpha value is 0.110. The van der Waals surface area contributed by atoms with Crippen molar-refractivity contribution < 1.29 is 19.3 Å². The predicted molar refractivity (Wildman–Crippen MR) is 52.0 cm³/mol. The maximum Gasteiger partial charge on any atom is 0.222 e. The molecule has 0 fully saturated rings. The molecule has 13 heavy (non-hydrogen) atoms. The molecule has 0 saturated heterocycles. The molecule has 0 aliphatic carbocycles. The van der Waals surface area contributed by atoms with Crippen molar-refractivity contribution in [2.45, 2.75) is 26.9 Å². The Labute approximate surface area is 79.4 Å². The first-order valence-electron chi connectivity index (χ1n) is 4.18. The van der Waals surface area contributed by atoms with Crippen molar-refractivity contribution in [1.29, 1.82) is 0 Å². The molecule has 0 amide bonds. The zero-order valence-electron chi connectivity index (χ0n) is 8.65. The molecule has 4 nitrogen and oxygen atoms in total. The Balaban J connectivity index is 4.09. The standard InChI is InChI=1S/C8H19O4P/c1-8(2,3)7(5-9)12-6-13(4,10)11/h7,9H,5-6H2,1-4H3,(H,10,11). The lowest BCUT2D eigenvalue weighted by atomic mass is 9.90. The molecule has 0 aromatic carbocycles. The third-order valence-corrected chi connectivity index (χ3v) is 2.28. The van der Waals surface area contributed by atoms with Gasteiger partial charge in [0, 0.05) is 6.66 Å². The highest BCUT2D eigenvalue weighted by Gasteiger charge is 2.26. The molecule has 0 bridgehead atoms. The van der Waals surface area contributed by atoms with Gasteiger partial charge in [-0.3, -0.25) is 4.57 Å². The molecule has 2 unspecified atom stereocenters. The van der Waals surface area contributed by atoms with E-state index in [1.54, 1.807) is 0 Å². The van der Waals surface area contributed by atoms with Gasteiger partial charge in [-0.05, 0) is 5.41 Å². The first kappa shape index (κ1) is 13.1. The quantitative estimate of drug-likeness (QED) is 0.686. The first-order chi connectivity index (χ1) is 5.67. The van der Waals surface area contributed by atoms with Gasteiger partial charge in [0.1, 0.15) is 6.35 Å². The molecule has 5 heteroatoms. The van der Waals surface area contributed by atoms with Crippen molar-refractivity contribution in [2.24, 2.45) is 5.41 Å². The largest absolute Gasteiger partial charge is 0.394 e. The molecule has 2 atom stereocenters. The molecule has 80 valence electrons. The molecule has 2 N–H and O–H groups in total. The summed E-state index contributed by atoms with van der Waals surface area (Å²) in [4.78, 5) is 8.98. The van der Waals surface area contributed by atoms with E-state index in [1.807, 2.05) is 20.8 Å². The molecular weight excluding hydrogens is 191 g/mol. The van der Waals surface area contributed by atoms with Crippen molar-refractivity contribution in [3.8, 4) is 0 Å². The molecule has 0 aliphatic heterocycles. The summed E-state index contributed by atoms with van der Waals surface area (Å²) in [5.41, 5.74) is -0.218. The van der Waals surface area contributed by atoms with Gasteiger partial charge in [0.2, 0.25) is 7.37 Å². The maximum absolute atomic E-state index is 10.9. The molecule has 0 heterocycles. The smallest absolute Gasteiger partial charge is 0.222 e. The van der Waals surface area contributed by atoms with Crippen molar-refractivity contribution in [1.82, 2.24) is 0 Å². The molecule has 0 saturated carbocycles. The monoisotopic (exact) mass is 210 g/mol. The lowest BCUT2D eigenvalue weighted by Crippen LogP contribution is -2.32. The lowest BCUT2D eigenvalue weighted by Gasteiger charge is -2.29. The Kier molecular flexibility index (Phi) is 4.60. The topological polar surface area (TPSA) is 66.8 Å². The van der Waals surface area contributed by atoms with Crippen LogP contribution in [0.4, 0.5) is 0 Å². The molecule has 0 spiro atoms. The van der Waals surface area contributed by atoms with Crippen LogP contribution in [0, 0.1) is 5.41 Å². The number of aliphatic hydroxyl groups is 1. The number of hydrogen-bond acceptors (Lipinski definition) is 3. The number of aliphatic hydroxyl groups excluding tert-OH is 1. The van der Waals surface area contributed by atoms with Crippen LogP contribution in [0.2, 0.25) is 0 Å². The summed E-state index contributed by atoms with van der Waals surface area (Å²) >= 11 is 0. The van der Waals surface area contributed by atoms with Gasteiger partial charge in [0.25, 0.3) is 0 Å². The summed E-state index contributed by atoms with van der Waals surface area (Å²) < 4.78 is 16.1. The second-order valence-corrected chi connectivity index (χ2v) is 6.74. The fourth-order valence-electron chi connectivity index (χ4n) is 0.805. The van der Waals surface area contributed by atoms with E-state index < -0.39 is 13.5 Å². The van der Waals surface area contributed by atoms with Crippen LogP contribution in [-0.4, -0.2) is 35.7 Å². The van der Waals surface area contributed by atoms with Crippen LogP contribution in [0.5, 0.6) is 0 Å². The van der Waals surface area contributed by atoms with Crippen LogP contribution in [0.15, 0.2) is 0 Å². The minimum atomic E-state index is -3.14. The summed E-state index contributed by atoms with van der Waals surface area (Å²) in [6, 6.07) is 0. The zero-order valence-corrected chi connectivity index (χ0v) is 9.54. The molecule has 0 radical (unpaired) electrons. The Morgan fingerprint density at radius 2 is 1.92 bits per heavy atom. The molecule has 0 rings (SSSR count). The average Bonchev–Trinajstić information content (AvgIpc) is 1.82. The van der Waals surface area contributed by atoms with Crippen LogP contribution >= 0.6 is 7.37 Å². The van der Waals surface area contributed by atoms with Crippen LogP contribution in [0.25, 0.3) is 0 Å². The van der Waals surface area contributed by atoms with E-state index in [2.05, 4.69) is 0 Å². The predicted octanol–water partition coefficient (Wildman–Crippen LogP) is 1.27. The van der Waals surface area contributed by atoms with E-state index in [0.29, 0.717) is 0 Å². The van der Waals surface area contributed by atoms with E-state index in [4.69, 9.17) is 14.7 Å². The van der Waals surface area contributed by atoms with Gasteiger partial charge in [-0.15, -0.1) is 0 Å². The summed E-state index contributed by atoms with van der Waals surface area (Å²) in [7, 11) is -3.14. The highest BCUT2D eigenvalue weighted by atomic mass is 31.2. The maximum atomic E-state index is 10.9. The van der Waals surface area contributed by atoms with Crippen molar-refractivity contribution in [2.75, 3.05) is 19.6 Å².